The standard InChI is InChI=1S/C10H13Br2NO3S/c11-7-6-8(17-9(7)12)10(15)13-2-1-4-16-5-3-14/h6,14H,1-5H2,(H,13,15). The Bertz CT molecular complexity index is 351. The maximum absolute atomic E-state index is 11.7. The average molecular weight is 387 g/mol. The lowest BCUT2D eigenvalue weighted by atomic mass is 10.4. The number of hydrogen-bond donors (Lipinski definition) is 2. The van der Waals surface area contributed by atoms with Gasteiger partial charge in [0, 0.05) is 17.6 Å². The molecule has 1 aromatic heterocycles. The number of hydrogen-bond acceptors (Lipinski definition) is 4. The summed E-state index contributed by atoms with van der Waals surface area (Å²) in [7, 11) is 0. The molecule has 0 aromatic carbocycles. The molecule has 0 fully saturated rings. The molecule has 0 radical (unpaired) electrons. The molecule has 0 unspecified atom stereocenters. The first-order chi connectivity index (χ1) is 8.15. The van der Waals surface area contributed by atoms with Gasteiger partial charge in [0.1, 0.15) is 0 Å². The minimum Gasteiger partial charge on any atom is -0.394 e. The normalized spacial score (nSPS) is 10.5. The van der Waals surface area contributed by atoms with Crippen LogP contribution >= 0.6 is 43.2 Å². The third-order valence-corrected chi connectivity index (χ3v) is 5.11. The fourth-order valence-corrected chi connectivity index (χ4v) is 3.04. The zero-order valence-electron chi connectivity index (χ0n) is 9.04. The monoisotopic (exact) mass is 385 g/mol. The lowest BCUT2D eigenvalue weighted by molar-refractivity contribution is 0.0869. The number of carbonyl (C=O) groups is 1. The average Bonchev–Trinajstić information content (AvgIpc) is 2.64. The van der Waals surface area contributed by atoms with Gasteiger partial charge in [0.05, 0.1) is 21.9 Å². The Morgan fingerprint density at radius 1 is 1.47 bits per heavy atom. The molecule has 4 nitrogen and oxygen atoms in total. The summed E-state index contributed by atoms with van der Waals surface area (Å²) in [5.41, 5.74) is 0. The molecule has 0 saturated carbocycles. The van der Waals surface area contributed by atoms with Gasteiger partial charge in [-0.15, -0.1) is 11.3 Å². The lowest BCUT2D eigenvalue weighted by Crippen LogP contribution is -2.24. The summed E-state index contributed by atoms with van der Waals surface area (Å²) in [6.45, 7) is 1.48. The van der Waals surface area contributed by atoms with E-state index < -0.39 is 0 Å². The molecule has 0 spiro atoms. The highest BCUT2D eigenvalue weighted by atomic mass is 79.9. The Hall–Kier alpha value is 0.0500. The van der Waals surface area contributed by atoms with Crippen molar-refractivity contribution in [2.45, 2.75) is 6.42 Å². The molecule has 0 atom stereocenters. The Morgan fingerprint density at radius 2 is 2.24 bits per heavy atom. The number of carbonyl (C=O) groups excluding carboxylic acids is 1. The largest absolute Gasteiger partial charge is 0.394 e. The number of aliphatic hydroxyl groups excluding tert-OH is 1. The van der Waals surface area contributed by atoms with Gasteiger partial charge in [0.2, 0.25) is 0 Å². The van der Waals surface area contributed by atoms with Crippen molar-refractivity contribution < 1.29 is 14.6 Å². The molecule has 96 valence electrons. The molecule has 1 rings (SSSR count). The summed E-state index contributed by atoms with van der Waals surface area (Å²) in [6, 6.07) is 1.78. The summed E-state index contributed by atoms with van der Waals surface area (Å²) >= 11 is 8.06. The topological polar surface area (TPSA) is 58.6 Å². The molecule has 0 aliphatic carbocycles. The highest BCUT2D eigenvalue weighted by molar-refractivity contribution is 9.13. The van der Waals surface area contributed by atoms with Crippen LogP contribution in [-0.4, -0.2) is 37.4 Å². The Morgan fingerprint density at radius 3 is 2.82 bits per heavy atom. The zero-order chi connectivity index (χ0) is 12.7. The van der Waals surface area contributed by atoms with E-state index in [1.807, 2.05) is 0 Å². The van der Waals surface area contributed by atoms with Crippen LogP contribution in [0.1, 0.15) is 16.1 Å². The molecular formula is C10H13Br2NO3S. The van der Waals surface area contributed by atoms with Crippen LogP contribution in [0.15, 0.2) is 14.3 Å². The van der Waals surface area contributed by atoms with Gasteiger partial charge in [-0.05, 0) is 44.3 Å². The van der Waals surface area contributed by atoms with E-state index in [2.05, 4.69) is 37.2 Å². The molecule has 7 heteroatoms. The van der Waals surface area contributed by atoms with Crippen molar-refractivity contribution in [2.75, 3.05) is 26.4 Å². The smallest absolute Gasteiger partial charge is 0.261 e. The lowest BCUT2D eigenvalue weighted by Gasteiger charge is -2.03. The van der Waals surface area contributed by atoms with Crippen molar-refractivity contribution in [3.8, 4) is 0 Å². The quantitative estimate of drug-likeness (QED) is 0.707. The van der Waals surface area contributed by atoms with E-state index in [4.69, 9.17) is 9.84 Å². The number of nitrogens with one attached hydrogen (secondary N) is 1. The van der Waals surface area contributed by atoms with Gasteiger partial charge in [-0.1, -0.05) is 0 Å². The van der Waals surface area contributed by atoms with Crippen LogP contribution in [-0.2, 0) is 4.74 Å². The van der Waals surface area contributed by atoms with Gasteiger partial charge in [-0.2, -0.15) is 0 Å². The summed E-state index contributed by atoms with van der Waals surface area (Å²) < 4.78 is 6.88. The van der Waals surface area contributed by atoms with Crippen LogP contribution in [0.4, 0.5) is 0 Å². The zero-order valence-corrected chi connectivity index (χ0v) is 13.0. The molecule has 2 N–H and O–H groups in total. The van der Waals surface area contributed by atoms with Gasteiger partial charge >= 0.3 is 0 Å². The third-order valence-electron chi connectivity index (χ3n) is 1.86. The van der Waals surface area contributed by atoms with Gasteiger partial charge in [0.15, 0.2) is 0 Å². The maximum Gasteiger partial charge on any atom is 0.261 e. The highest BCUT2D eigenvalue weighted by Crippen LogP contribution is 2.32. The van der Waals surface area contributed by atoms with Crippen molar-refractivity contribution >= 4 is 49.1 Å². The van der Waals surface area contributed by atoms with E-state index in [-0.39, 0.29) is 12.5 Å². The first-order valence-corrected chi connectivity index (χ1v) is 7.47. The molecule has 1 heterocycles. The summed E-state index contributed by atoms with van der Waals surface area (Å²) in [6.07, 6.45) is 0.736. The van der Waals surface area contributed by atoms with E-state index in [0.29, 0.717) is 24.6 Å². The van der Waals surface area contributed by atoms with E-state index in [0.717, 1.165) is 14.7 Å². The van der Waals surface area contributed by atoms with E-state index >= 15 is 0 Å². The predicted octanol–water partition coefficient (Wildman–Crippen LogP) is 2.40. The molecule has 0 aliphatic rings. The molecule has 17 heavy (non-hydrogen) atoms. The van der Waals surface area contributed by atoms with Crippen LogP contribution in [0.3, 0.4) is 0 Å². The second-order valence-corrected chi connectivity index (χ2v) is 6.40. The first-order valence-electron chi connectivity index (χ1n) is 5.06. The molecule has 0 aliphatic heterocycles. The van der Waals surface area contributed by atoms with Crippen LogP contribution in [0.2, 0.25) is 0 Å². The Balaban J connectivity index is 2.21. The maximum atomic E-state index is 11.7. The summed E-state index contributed by atoms with van der Waals surface area (Å²) in [4.78, 5) is 12.3. The number of rotatable bonds is 7. The Kier molecular flexibility index (Phi) is 7.29. The molecule has 1 amide bonds. The van der Waals surface area contributed by atoms with Crippen molar-refractivity contribution in [3.63, 3.8) is 0 Å². The SMILES string of the molecule is O=C(NCCCOCCO)c1cc(Br)c(Br)s1. The van der Waals surface area contributed by atoms with Crippen LogP contribution in [0, 0.1) is 0 Å². The van der Waals surface area contributed by atoms with E-state index in [1.165, 1.54) is 11.3 Å². The first kappa shape index (κ1) is 15.1. The number of aliphatic hydroxyl groups is 1. The van der Waals surface area contributed by atoms with Crippen LogP contribution in [0.5, 0.6) is 0 Å². The van der Waals surface area contributed by atoms with Gasteiger partial charge in [-0.25, -0.2) is 0 Å². The van der Waals surface area contributed by atoms with Crippen molar-refractivity contribution in [1.29, 1.82) is 0 Å². The summed E-state index contributed by atoms with van der Waals surface area (Å²) in [5, 5.41) is 11.3. The highest BCUT2D eigenvalue weighted by Gasteiger charge is 2.10. The Labute approximate surface area is 121 Å². The fraction of sp³-hybridized carbons (Fsp3) is 0.500. The number of thiophene rings is 1. The second kappa shape index (κ2) is 8.20. The number of ether oxygens (including phenoxy) is 1. The van der Waals surface area contributed by atoms with Gasteiger partial charge in [0.25, 0.3) is 5.91 Å². The third kappa shape index (κ3) is 5.48. The summed E-state index contributed by atoms with van der Waals surface area (Å²) in [5.74, 6) is -0.0800. The van der Waals surface area contributed by atoms with Crippen LogP contribution in [0.25, 0.3) is 0 Å². The molecule has 0 saturated heterocycles. The van der Waals surface area contributed by atoms with Crippen LogP contribution < -0.4 is 5.32 Å². The van der Waals surface area contributed by atoms with Gasteiger partial charge in [-0.3, -0.25) is 4.79 Å². The van der Waals surface area contributed by atoms with Crippen molar-refractivity contribution in [3.05, 3.63) is 19.2 Å². The second-order valence-electron chi connectivity index (χ2n) is 3.18. The number of halogens is 2. The van der Waals surface area contributed by atoms with Crippen molar-refractivity contribution in [2.24, 2.45) is 0 Å². The van der Waals surface area contributed by atoms with Gasteiger partial charge < -0.3 is 15.2 Å². The van der Waals surface area contributed by atoms with Crippen molar-refractivity contribution in [1.82, 2.24) is 5.32 Å². The minimum absolute atomic E-state index is 0.0314. The van der Waals surface area contributed by atoms with E-state index in [1.54, 1.807) is 6.07 Å². The fourth-order valence-electron chi connectivity index (χ4n) is 1.09. The van der Waals surface area contributed by atoms with E-state index in [9.17, 15) is 4.79 Å². The molecule has 0 bridgehead atoms. The predicted molar refractivity (Wildman–Crippen MR) is 74.6 cm³/mol. The number of amides is 1. The molecular weight excluding hydrogens is 374 g/mol. The minimum atomic E-state index is -0.0800. The molecule has 1 aromatic rings.